The van der Waals surface area contributed by atoms with E-state index in [1.54, 1.807) is 32.3 Å². The van der Waals surface area contributed by atoms with Gasteiger partial charge in [0.2, 0.25) is 0 Å². The lowest BCUT2D eigenvalue weighted by molar-refractivity contribution is 0.0963. The molecular weight excluding hydrogens is 355 g/mol. The molecule has 1 fully saturated rings. The Hall–Kier alpha value is -2.89. The fourth-order valence-electron chi connectivity index (χ4n) is 3.35. The molecule has 5 nitrogen and oxygen atoms in total. The highest BCUT2D eigenvalue weighted by molar-refractivity contribution is 5.94. The first kappa shape index (κ1) is 19.9. The van der Waals surface area contributed by atoms with Crippen molar-refractivity contribution >= 4 is 11.9 Å². The van der Waals surface area contributed by atoms with Crippen molar-refractivity contribution in [1.82, 2.24) is 16.0 Å². The zero-order valence-electron chi connectivity index (χ0n) is 16.4. The molecule has 2 aromatic rings. The number of rotatable bonds is 7. The quantitative estimate of drug-likeness (QED) is 0.509. The Morgan fingerprint density at radius 1 is 1.14 bits per heavy atom. The minimum Gasteiger partial charge on any atom is -0.356 e. The number of carbonyl (C=O) groups is 1. The number of benzene rings is 2. The van der Waals surface area contributed by atoms with Crippen molar-refractivity contribution in [2.24, 2.45) is 4.99 Å². The minimum absolute atomic E-state index is 0.00155. The summed E-state index contributed by atoms with van der Waals surface area (Å²) in [6, 6.07) is 14.5. The Bertz CT molecular complexity index is 861. The van der Waals surface area contributed by atoms with E-state index in [9.17, 15) is 9.18 Å². The fraction of sp³-hybridized carbons (Fsp3) is 0.364. The predicted octanol–water partition coefficient (Wildman–Crippen LogP) is 2.62. The van der Waals surface area contributed by atoms with Gasteiger partial charge in [-0.3, -0.25) is 9.79 Å². The normalized spacial score (nSPS) is 15.0. The average molecular weight is 382 g/mol. The van der Waals surface area contributed by atoms with Crippen LogP contribution in [0.2, 0.25) is 0 Å². The number of amides is 1. The SMILES string of the molecule is CN=C(NCCc1cccc(C(=O)NC)c1)NCC1(c2cccc(F)c2)CC1. The number of halogens is 1. The molecule has 0 bridgehead atoms. The van der Waals surface area contributed by atoms with E-state index in [1.807, 2.05) is 24.3 Å². The highest BCUT2D eigenvalue weighted by atomic mass is 19.1. The second kappa shape index (κ2) is 8.87. The topological polar surface area (TPSA) is 65.5 Å². The molecule has 1 saturated carbocycles. The predicted molar refractivity (Wildman–Crippen MR) is 110 cm³/mol. The summed E-state index contributed by atoms with van der Waals surface area (Å²) in [5.41, 5.74) is 2.79. The lowest BCUT2D eigenvalue weighted by Gasteiger charge is -2.19. The van der Waals surface area contributed by atoms with Crippen LogP contribution < -0.4 is 16.0 Å². The second-order valence-electron chi connectivity index (χ2n) is 7.17. The lowest BCUT2D eigenvalue weighted by atomic mass is 9.96. The summed E-state index contributed by atoms with van der Waals surface area (Å²) in [6.45, 7) is 1.42. The fourth-order valence-corrected chi connectivity index (χ4v) is 3.35. The van der Waals surface area contributed by atoms with Gasteiger partial charge in [0.05, 0.1) is 0 Å². The van der Waals surface area contributed by atoms with Crippen molar-refractivity contribution in [3.05, 3.63) is 71.0 Å². The van der Waals surface area contributed by atoms with Gasteiger partial charge in [0.25, 0.3) is 5.91 Å². The van der Waals surface area contributed by atoms with Crippen LogP contribution >= 0.6 is 0 Å². The molecule has 0 unspecified atom stereocenters. The zero-order chi connectivity index (χ0) is 20.0. The number of nitrogens with zero attached hydrogens (tertiary/aromatic N) is 1. The minimum atomic E-state index is -0.190. The molecular formula is C22H27FN4O. The van der Waals surface area contributed by atoms with Gasteiger partial charge >= 0.3 is 0 Å². The van der Waals surface area contributed by atoms with Crippen molar-refractivity contribution in [3.8, 4) is 0 Å². The maximum atomic E-state index is 13.5. The van der Waals surface area contributed by atoms with Gasteiger partial charge in [0, 0.05) is 38.2 Å². The van der Waals surface area contributed by atoms with Crippen molar-refractivity contribution < 1.29 is 9.18 Å². The van der Waals surface area contributed by atoms with Crippen LogP contribution in [0.5, 0.6) is 0 Å². The summed E-state index contributed by atoms with van der Waals surface area (Å²) in [7, 11) is 3.37. The van der Waals surface area contributed by atoms with Gasteiger partial charge < -0.3 is 16.0 Å². The molecule has 0 atom stereocenters. The van der Waals surface area contributed by atoms with E-state index in [0.29, 0.717) is 12.1 Å². The Morgan fingerprint density at radius 3 is 2.61 bits per heavy atom. The Balaban J connectivity index is 1.50. The van der Waals surface area contributed by atoms with E-state index in [0.717, 1.165) is 42.9 Å². The van der Waals surface area contributed by atoms with E-state index < -0.39 is 0 Å². The molecule has 6 heteroatoms. The second-order valence-corrected chi connectivity index (χ2v) is 7.17. The number of guanidine groups is 1. The lowest BCUT2D eigenvalue weighted by Crippen LogP contribution is -2.42. The van der Waals surface area contributed by atoms with Gasteiger partial charge in [-0.25, -0.2) is 4.39 Å². The van der Waals surface area contributed by atoms with Crippen LogP contribution in [0.4, 0.5) is 4.39 Å². The van der Waals surface area contributed by atoms with E-state index in [1.165, 1.54) is 6.07 Å². The first-order valence-corrected chi connectivity index (χ1v) is 9.58. The third-order valence-corrected chi connectivity index (χ3v) is 5.23. The Labute approximate surface area is 165 Å². The van der Waals surface area contributed by atoms with E-state index >= 15 is 0 Å². The van der Waals surface area contributed by atoms with E-state index in [2.05, 4.69) is 20.9 Å². The smallest absolute Gasteiger partial charge is 0.251 e. The van der Waals surface area contributed by atoms with Crippen LogP contribution in [0.3, 0.4) is 0 Å². The summed E-state index contributed by atoms with van der Waals surface area (Å²) >= 11 is 0. The highest BCUT2D eigenvalue weighted by Crippen LogP contribution is 2.47. The molecule has 3 N–H and O–H groups in total. The monoisotopic (exact) mass is 382 g/mol. The average Bonchev–Trinajstić information content (AvgIpc) is 3.51. The van der Waals surface area contributed by atoms with Gasteiger partial charge in [-0.1, -0.05) is 24.3 Å². The summed E-state index contributed by atoms with van der Waals surface area (Å²) in [5, 5.41) is 9.31. The van der Waals surface area contributed by atoms with Crippen LogP contribution in [-0.4, -0.2) is 39.1 Å². The number of nitrogens with one attached hydrogen (secondary N) is 3. The van der Waals surface area contributed by atoms with Crippen LogP contribution in [0.25, 0.3) is 0 Å². The maximum absolute atomic E-state index is 13.5. The molecule has 1 aliphatic carbocycles. The standard InChI is InChI=1S/C22H27FN4O/c1-24-20(28)17-6-3-5-16(13-17)9-12-26-21(25-2)27-15-22(10-11-22)18-7-4-8-19(23)14-18/h3-8,13-14H,9-12,15H2,1-2H3,(H,24,28)(H2,25,26,27). The van der Waals surface area contributed by atoms with E-state index in [-0.39, 0.29) is 17.1 Å². The van der Waals surface area contributed by atoms with Crippen LogP contribution in [0, 0.1) is 5.82 Å². The molecule has 0 radical (unpaired) electrons. The maximum Gasteiger partial charge on any atom is 0.251 e. The molecule has 2 aromatic carbocycles. The first-order chi connectivity index (χ1) is 13.6. The summed E-state index contributed by atoms with van der Waals surface area (Å²) in [5.74, 6) is 0.453. The van der Waals surface area contributed by atoms with Crippen molar-refractivity contribution in [2.45, 2.75) is 24.7 Å². The third kappa shape index (κ3) is 4.88. The molecule has 28 heavy (non-hydrogen) atoms. The van der Waals surface area contributed by atoms with Crippen molar-refractivity contribution in [3.63, 3.8) is 0 Å². The van der Waals surface area contributed by atoms with Crippen LogP contribution in [0.15, 0.2) is 53.5 Å². The van der Waals surface area contributed by atoms with Gasteiger partial charge in [-0.15, -0.1) is 0 Å². The number of aliphatic imine (C=N–C) groups is 1. The molecule has 3 rings (SSSR count). The van der Waals surface area contributed by atoms with Gasteiger partial charge in [-0.2, -0.15) is 0 Å². The number of hydrogen-bond donors (Lipinski definition) is 3. The molecule has 0 heterocycles. The Kier molecular flexibility index (Phi) is 6.29. The molecule has 1 amide bonds. The van der Waals surface area contributed by atoms with Crippen molar-refractivity contribution in [1.29, 1.82) is 0 Å². The van der Waals surface area contributed by atoms with Crippen molar-refractivity contribution in [2.75, 3.05) is 27.2 Å². The van der Waals surface area contributed by atoms with E-state index in [4.69, 9.17) is 0 Å². The summed E-state index contributed by atoms with van der Waals surface area (Å²) in [6.07, 6.45) is 2.88. The molecule has 0 aliphatic heterocycles. The number of carbonyl (C=O) groups excluding carboxylic acids is 1. The van der Waals surface area contributed by atoms with Gasteiger partial charge in [-0.05, 0) is 54.7 Å². The van der Waals surface area contributed by atoms with Crippen LogP contribution in [-0.2, 0) is 11.8 Å². The van der Waals surface area contributed by atoms with Gasteiger partial charge in [0.1, 0.15) is 5.82 Å². The van der Waals surface area contributed by atoms with Crippen LogP contribution in [0.1, 0.15) is 34.3 Å². The largest absolute Gasteiger partial charge is 0.356 e. The Morgan fingerprint density at radius 2 is 1.93 bits per heavy atom. The number of hydrogen-bond acceptors (Lipinski definition) is 2. The summed E-state index contributed by atoms with van der Waals surface area (Å²) < 4.78 is 13.5. The molecule has 0 aromatic heterocycles. The molecule has 0 saturated heterocycles. The van der Waals surface area contributed by atoms with Gasteiger partial charge in [0.15, 0.2) is 5.96 Å². The summed E-state index contributed by atoms with van der Waals surface area (Å²) in [4.78, 5) is 16.0. The third-order valence-electron chi connectivity index (χ3n) is 5.23. The first-order valence-electron chi connectivity index (χ1n) is 9.58. The molecule has 0 spiro atoms. The molecule has 148 valence electrons. The highest BCUT2D eigenvalue weighted by Gasteiger charge is 2.44. The molecule has 1 aliphatic rings. The zero-order valence-corrected chi connectivity index (χ0v) is 16.4.